The molecule has 0 bridgehead atoms. The van der Waals surface area contributed by atoms with Crippen LogP contribution < -0.4 is 21.7 Å². The minimum absolute atomic E-state index is 0. The van der Waals surface area contributed by atoms with E-state index in [1.807, 2.05) is 26.0 Å². The summed E-state index contributed by atoms with van der Waals surface area (Å²) in [5.41, 5.74) is 2.29. The summed E-state index contributed by atoms with van der Waals surface area (Å²) in [5.74, 6) is 1.67. The SMILES string of the molecule is Cc1[c-]c(C)cc(OCCC(C)C)c1.[Br-].[Mg+2]. The fourth-order valence-electron chi connectivity index (χ4n) is 1.35. The van der Waals surface area contributed by atoms with Gasteiger partial charge >= 0.3 is 23.1 Å². The normalized spacial score (nSPS) is 9.31. The Morgan fingerprint density at radius 3 is 2.12 bits per heavy atom. The van der Waals surface area contributed by atoms with Gasteiger partial charge in [0.05, 0.1) is 6.61 Å². The Morgan fingerprint density at radius 2 is 1.69 bits per heavy atom. The van der Waals surface area contributed by atoms with E-state index in [9.17, 15) is 0 Å². The minimum Gasteiger partial charge on any atom is -1.00 e. The summed E-state index contributed by atoms with van der Waals surface area (Å²) < 4.78 is 5.66. The second-order valence-electron chi connectivity index (χ2n) is 4.21. The van der Waals surface area contributed by atoms with E-state index in [0.29, 0.717) is 5.92 Å². The molecule has 1 rings (SSSR count). The van der Waals surface area contributed by atoms with Crippen molar-refractivity contribution in [3.05, 3.63) is 29.3 Å². The second-order valence-corrected chi connectivity index (χ2v) is 4.21. The Bertz CT molecular complexity index is 280. The number of benzene rings is 1. The molecule has 0 heterocycles. The van der Waals surface area contributed by atoms with Gasteiger partial charge in [-0.2, -0.15) is 17.2 Å². The maximum Gasteiger partial charge on any atom is 2.00 e. The Kier molecular flexibility index (Phi) is 10.8. The van der Waals surface area contributed by atoms with Gasteiger partial charge in [0.25, 0.3) is 0 Å². The number of rotatable bonds is 4. The molecule has 3 heteroatoms. The van der Waals surface area contributed by atoms with Gasteiger partial charge in [0, 0.05) is 5.75 Å². The average Bonchev–Trinajstić information content (AvgIpc) is 2.01. The van der Waals surface area contributed by atoms with Crippen LogP contribution in [0.4, 0.5) is 0 Å². The quantitative estimate of drug-likeness (QED) is 0.568. The van der Waals surface area contributed by atoms with Crippen molar-refractivity contribution in [2.24, 2.45) is 5.92 Å². The number of ether oxygens (including phenoxy) is 1. The van der Waals surface area contributed by atoms with E-state index in [0.717, 1.165) is 29.9 Å². The van der Waals surface area contributed by atoms with Crippen LogP contribution in [-0.4, -0.2) is 29.7 Å². The molecule has 1 nitrogen and oxygen atoms in total. The largest absolute Gasteiger partial charge is 2.00 e. The van der Waals surface area contributed by atoms with Gasteiger partial charge in [-0.05, 0) is 12.3 Å². The van der Waals surface area contributed by atoms with E-state index in [-0.39, 0.29) is 40.0 Å². The molecule has 0 aliphatic carbocycles. The fraction of sp³-hybridized carbons (Fsp3) is 0.538. The zero-order valence-corrected chi connectivity index (χ0v) is 13.6. The van der Waals surface area contributed by atoms with Crippen LogP contribution in [0, 0.1) is 25.8 Å². The number of aryl methyl sites for hydroxylation is 2. The van der Waals surface area contributed by atoms with Gasteiger partial charge in [-0.15, -0.1) is 12.1 Å². The standard InChI is InChI=1S/C13H19O.BrH.Mg/c1-10(2)5-6-14-13-8-11(3)7-12(4)9-13;;/h8-10H,5-6H2,1-4H3;1H;/q-1;;+2/p-1. The van der Waals surface area contributed by atoms with Crippen molar-refractivity contribution in [1.29, 1.82) is 0 Å². The molecule has 0 atom stereocenters. The number of hydrogen-bond donors (Lipinski definition) is 0. The predicted molar refractivity (Wildman–Crippen MR) is 65.5 cm³/mol. The average molecular weight is 296 g/mol. The topological polar surface area (TPSA) is 9.23 Å². The molecule has 0 spiro atoms. The van der Waals surface area contributed by atoms with E-state index < -0.39 is 0 Å². The molecule has 1 aromatic rings. The zero-order valence-electron chi connectivity index (χ0n) is 10.6. The number of halogens is 1. The van der Waals surface area contributed by atoms with E-state index in [2.05, 4.69) is 19.9 Å². The summed E-state index contributed by atoms with van der Waals surface area (Å²) in [5, 5.41) is 0. The van der Waals surface area contributed by atoms with Crippen LogP contribution in [0.15, 0.2) is 12.1 Å². The maximum absolute atomic E-state index is 5.66. The monoisotopic (exact) mass is 294 g/mol. The van der Waals surface area contributed by atoms with Crippen LogP contribution in [0.3, 0.4) is 0 Å². The Labute approximate surface area is 126 Å². The second kappa shape index (κ2) is 9.31. The van der Waals surface area contributed by atoms with E-state index in [1.165, 1.54) is 0 Å². The summed E-state index contributed by atoms with van der Waals surface area (Å²) in [7, 11) is 0. The molecule has 86 valence electrons. The van der Waals surface area contributed by atoms with Crippen LogP contribution in [0.25, 0.3) is 0 Å². The molecule has 0 amide bonds. The van der Waals surface area contributed by atoms with E-state index in [4.69, 9.17) is 4.74 Å². The third-order valence-corrected chi connectivity index (χ3v) is 2.08. The third-order valence-electron chi connectivity index (χ3n) is 2.08. The van der Waals surface area contributed by atoms with Gasteiger partial charge in [0.15, 0.2) is 0 Å². The molecule has 0 aliphatic heterocycles. The molecule has 1 aromatic carbocycles. The van der Waals surface area contributed by atoms with Crippen molar-refractivity contribution in [1.82, 2.24) is 0 Å². The van der Waals surface area contributed by atoms with E-state index in [1.54, 1.807) is 0 Å². The van der Waals surface area contributed by atoms with Crippen molar-refractivity contribution < 1.29 is 21.7 Å². The van der Waals surface area contributed by atoms with Gasteiger partial charge < -0.3 is 21.7 Å². The molecule has 0 saturated carbocycles. The first-order chi connectivity index (χ1) is 6.58. The molecular weight excluding hydrogens is 276 g/mol. The Hall–Kier alpha value is 0.266. The van der Waals surface area contributed by atoms with Gasteiger partial charge in [-0.1, -0.05) is 27.7 Å². The molecule has 0 radical (unpaired) electrons. The molecule has 0 fully saturated rings. The maximum atomic E-state index is 5.66. The number of hydrogen-bond acceptors (Lipinski definition) is 1. The van der Waals surface area contributed by atoms with Crippen LogP contribution in [-0.2, 0) is 0 Å². The van der Waals surface area contributed by atoms with E-state index >= 15 is 0 Å². The minimum atomic E-state index is 0. The third kappa shape index (κ3) is 7.53. The molecule has 0 aromatic heterocycles. The summed E-state index contributed by atoms with van der Waals surface area (Å²) in [6.45, 7) is 9.31. The molecule has 16 heavy (non-hydrogen) atoms. The fourth-order valence-corrected chi connectivity index (χ4v) is 1.35. The summed E-state index contributed by atoms with van der Waals surface area (Å²) in [4.78, 5) is 0. The molecule has 0 aliphatic rings. The summed E-state index contributed by atoms with van der Waals surface area (Å²) >= 11 is 0. The van der Waals surface area contributed by atoms with Crippen LogP contribution >= 0.6 is 0 Å². The molecule has 0 saturated heterocycles. The molecule has 0 N–H and O–H groups in total. The first kappa shape index (κ1) is 18.6. The van der Waals surface area contributed by atoms with Gasteiger partial charge in [-0.3, -0.25) is 0 Å². The van der Waals surface area contributed by atoms with Crippen molar-refractivity contribution in [2.45, 2.75) is 34.1 Å². The van der Waals surface area contributed by atoms with Gasteiger partial charge in [0.2, 0.25) is 0 Å². The summed E-state index contributed by atoms with van der Waals surface area (Å²) in [6.07, 6.45) is 1.11. The van der Waals surface area contributed by atoms with Crippen molar-refractivity contribution in [2.75, 3.05) is 6.61 Å². The van der Waals surface area contributed by atoms with Crippen molar-refractivity contribution >= 4 is 23.1 Å². The van der Waals surface area contributed by atoms with Gasteiger partial charge in [0.1, 0.15) is 0 Å². The molecule has 0 unspecified atom stereocenters. The van der Waals surface area contributed by atoms with Gasteiger partial charge in [-0.25, -0.2) is 0 Å². The first-order valence-corrected chi connectivity index (χ1v) is 5.21. The van der Waals surface area contributed by atoms with Crippen LogP contribution in [0.5, 0.6) is 5.75 Å². The van der Waals surface area contributed by atoms with Crippen LogP contribution in [0.1, 0.15) is 31.4 Å². The Morgan fingerprint density at radius 1 is 1.19 bits per heavy atom. The first-order valence-electron chi connectivity index (χ1n) is 5.21. The smallest absolute Gasteiger partial charge is 1.00 e. The predicted octanol–water partition coefficient (Wildman–Crippen LogP) is 0.152. The summed E-state index contributed by atoms with van der Waals surface area (Å²) in [6, 6.07) is 7.30. The van der Waals surface area contributed by atoms with Crippen LogP contribution in [0.2, 0.25) is 0 Å². The zero-order chi connectivity index (χ0) is 10.6. The van der Waals surface area contributed by atoms with Crippen molar-refractivity contribution in [3.8, 4) is 5.75 Å². The van der Waals surface area contributed by atoms with Crippen molar-refractivity contribution in [3.63, 3.8) is 0 Å². The molecular formula is C13H19BrMgO. The Balaban J connectivity index is 0.